The minimum Gasteiger partial charge on any atom is -0.493 e. The maximum Gasteiger partial charge on any atom is 0.338 e. The smallest absolute Gasteiger partial charge is 0.338 e. The summed E-state index contributed by atoms with van der Waals surface area (Å²) >= 11 is 0. The summed E-state index contributed by atoms with van der Waals surface area (Å²) in [7, 11) is 1.27. The Morgan fingerprint density at radius 2 is 1.77 bits per heavy atom. The molecule has 1 aromatic heterocycles. The summed E-state index contributed by atoms with van der Waals surface area (Å²) < 4.78 is 12.6. The zero-order valence-electron chi connectivity index (χ0n) is 17.6. The monoisotopic (exact) mass is 417 g/mol. The lowest BCUT2D eigenvalue weighted by atomic mass is 10.2. The Balaban J connectivity index is 2.13. The summed E-state index contributed by atoms with van der Waals surface area (Å²) in [6, 6.07) is 6.32. The van der Waals surface area contributed by atoms with Gasteiger partial charge in [0.2, 0.25) is 5.78 Å². The lowest BCUT2D eigenvalue weighted by molar-refractivity contribution is 0.0474. The molecule has 2 rings (SSSR count). The van der Waals surface area contributed by atoms with Gasteiger partial charge in [-0.1, -0.05) is 20.8 Å². The number of nitrogen functional groups attached to an aromatic ring is 1. The number of hydrogen-bond donors (Lipinski definition) is 1. The molecule has 0 aliphatic rings. The highest BCUT2D eigenvalue weighted by atomic mass is 16.5. The van der Waals surface area contributed by atoms with E-state index in [2.05, 4.69) is 0 Å². The van der Waals surface area contributed by atoms with Crippen molar-refractivity contribution in [3.8, 4) is 5.75 Å². The van der Waals surface area contributed by atoms with Gasteiger partial charge >= 0.3 is 11.7 Å². The van der Waals surface area contributed by atoms with E-state index in [4.69, 9.17) is 15.2 Å². The van der Waals surface area contributed by atoms with E-state index in [9.17, 15) is 19.2 Å². The highest BCUT2D eigenvalue weighted by Crippen LogP contribution is 2.14. The van der Waals surface area contributed by atoms with Crippen LogP contribution in [0, 0.1) is 5.92 Å². The molecule has 9 nitrogen and oxygen atoms in total. The van der Waals surface area contributed by atoms with Gasteiger partial charge in [-0.05, 0) is 36.6 Å². The Bertz CT molecular complexity index is 1030. The van der Waals surface area contributed by atoms with Crippen molar-refractivity contribution in [2.45, 2.75) is 33.7 Å². The molecule has 1 heterocycles. The first kappa shape index (κ1) is 22.9. The third-order valence-electron chi connectivity index (χ3n) is 4.32. The summed E-state index contributed by atoms with van der Waals surface area (Å²) in [5.41, 5.74) is 4.34. The Morgan fingerprint density at radius 1 is 1.13 bits per heavy atom. The van der Waals surface area contributed by atoms with Crippen molar-refractivity contribution in [1.82, 2.24) is 9.13 Å². The number of carbonyl (C=O) groups is 2. The van der Waals surface area contributed by atoms with Crippen LogP contribution in [0.5, 0.6) is 5.75 Å². The first-order valence-electron chi connectivity index (χ1n) is 9.69. The predicted molar refractivity (Wildman–Crippen MR) is 112 cm³/mol. The van der Waals surface area contributed by atoms with Crippen molar-refractivity contribution in [3.05, 3.63) is 56.2 Å². The molecule has 1 aromatic carbocycles. The minimum atomic E-state index is -0.822. The third kappa shape index (κ3) is 5.16. The van der Waals surface area contributed by atoms with Gasteiger partial charge in [-0.2, -0.15) is 0 Å². The molecule has 0 bridgehead atoms. The van der Waals surface area contributed by atoms with Gasteiger partial charge in [-0.25, -0.2) is 9.59 Å². The number of Topliss-reactive ketones (excluding diaryl/α,β-unsaturated/α-hetero) is 1. The molecule has 9 heteroatoms. The van der Waals surface area contributed by atoms with Crippen LogP contribution in [0.25, 0.3) is 0 Å². The van der Waals surface area contributed by atoms with Crippen molar-refractivity contribution in [3.63, 3.8) is 0 Å². The normalized spacial score (nSPS) is 10.8. The largest absolute Gasteiger partial charge is 0.493 e. The van der Waals surface area contributed by atoms with Crippen molar-refractivity contribution < 1.29 is 19.1 Å². The van der Waals surface area contributed by atoms with Crippen molar-refractivity contribution in [2.75, 3.05) is 18.9 Å². The number of anilines is 1. The molecular weight excluding hydrogens is 390 g/mol. The van der Waals surface area contributed by atoms with Crippen LogP contribution in [0.15, 0.2) is 33.9 Å². The molecule has 0 amide bonds. The zero-order valence-corrected chi connectivity index (χ0v) is 17.6. The summed E-state index contributed by atoms with van der Waals surface area (Å²) in [6.07, 6.45) is 0.585. The van der Waals surface area contributed by atoms with Gasteiger partial charge in [0.25, 0.3) is 5.56 Å². The molecule has 2 N–H and O–H groups in total. The highest BCUT2D eigenvalue weighted by Gasteiger charge is 2.22. The quantitative estimate of drug-likeness (QED) is 0.486. The first-order valence-corrected chi connectivity index (χ1v) is 9.69. The fourth-order valence-corrected chi connectivity index (χ4v) is 2.72. The molecule has 0 spiro atoms. The Morgan fingerprint density at radius 3 is 2.33 bits per heavy atom. The second-order valence-corrected chi connectivity index (χ2v) is 7.29. The van der Waals surface area contributed by atoms with E-state index in [0.29, 0.717) is 24.7 Å². The number of hydrogen-bond acceptors (Lipinski definition) is 7. The fourth-order valence-electron chi connectivity index (χ4n) is 2.72. The molecule has 0 saturated carbocycles. The lowest BCUT2D eigenvalue weighted by Gasteiger charge is -2.14. The second-order valence-electron chi connectivity index (χ2n) is 7.29. The number of aromatic nitrogens is 2. The number of ether oxygens (including phenoxy) is 2. The zero-order chi connectivity index (χ0) is 22.4. The van der Waals surface area contributed by atoms with Gasteiger partial charge < -0.3 is 15.2 Å². The molecule has 0 saturated heterocycles. The van der Waals surface area contributed by atoms with E-state index in [1.54, 1.807) is 12.1 Å². The number of nitrogens with two attached hydrogens (primary N) is 1. The number of benzene rings is 1. The van der Waals surface area contributed by atoms with E-state index in [1.165, 1.54) is 19.2 Å². The van der Waals surface area contributed by atoms with Crippen LogP contribution >= 0.6 is 0 Å². The van der Waals surface area contributed by atoms with Gasteiger partial charge in [0.05, 0.1) is 12.2 Å². The molecule has 0 radical (unpaired) electrons. The van der Waals surface area contributed by atoms with E-state index in [-0.39, 0.29) is 23.5 Å². The number of ketones is 1. The second kappa shape index (κ2) is 9.91. The van der Waals surface area contributed by atoms with Crippen LogP contribution in [-0.4, -0.2) is 34.1 Å². The van der Waals surface area contributed by atoms with Gasteiger partial charge in [0, 0.05) is 13.6 Å². The average Bonchev–Trinajstić information content (AvgIpc) is 2.72. The van der Waals surface area contributed by atoms with Gasteiger partial charge in [-0.3, -0.25) is 18.7 Å². The molecule has 162 valence electrons. The molecule has 0 fully saturated rings. The van der Waals surface area contributed by atoms with E-state index < -0.39 is 29.6 Å². The maximum atomic E-state index is 12.5. The molecule has 0 aliphatic heterocycles. The van der Waals surface area contributed by atoms with Gasteiger partial charge in [0.1, 0.15) is 17.1 Å². The molecule has 0 unspecified atom stereocenters. The van der Waals surface area contributed by atoms with Gasteiger partial charge in [-0.15, -0.1) is 0 Å². The molecule has 0 atom stereocenters. The summed E-state index contributed by atoms with van der Waals surface area (Å²) in [5.74, 6) is -0.741. The van der Waals surface area contributed by atoms with Crippen molar-refractivity contribution in [1.29, 1.82) is 0 Å². The Labute approximate surface area is 174 Å². The van der Waals surface area contributed by atoms with E-state index >= 15 is 0 Å². The first-order chi connectivity index (χ1) is 14.2. The standard InChI is InChI=1S/C21H27N3O6/c1-5-10-24-18(22)17(19(26)23(4)21(24)28)16(25)12-30-20(27)14-6-8-15(9-7-14)29-11-13(2)3/h6-9,13H,5,10-12,22H2,1-4H3. The van der Waals surface area contributed by atoms with E-state index in [1.807, 2.05) is 20.8 Å². The van der Waals surface area contributed by atoms with Crippen LogP contribution in [-0.2, 0) is 18.3 Å². The SMILES string of the molecule is CCCn1c(N)c(C(=O)COC(=O)c2ccc(OCC(C)C)cc2)c(=O)n(C)c1=O. The lowest BCUT2D eigenvalue weighted by Crippen LogP contribution is -2.43. The number of esters is 1. The molecule has 0 aliphatic carbocycles. The predicted octanol–water partition coefficient (Wildman–Crippen LogP) is 1.61. The summed E-state index contributed by atoms with van der Waals surface area (Å²) in [5, 5.41) is 0. The number of nitrogens with zero attached hydrogens (tertiary/aromatic N) is 2. The van der Waals surface area contributed by atoms with Crippen molar-refractivity contribution in [2.24, 2.45) is 13.0 Å². The summed E-state index contributed by atoms with van der Waals surface area (Å²) in [6.45, 7) is 6.01. The van der Waals surface area contributed by atoms with E-state index in [0.717, 1.165) is 9.13 Å². The van der Waals surface area contributed by atoms with Crippen LogP contribution in [0.3, 0.4) is 0 Å². The van der Waals surface area contributed by atoms with Crippen LogP contribution in [0.1, 0.15) is 47.9 Å². The molecule has 30 heavy (non-hydrogen) atoms. The topological polar surface area (TPSA) is 123 Å². The number of carbonyl (C=O) groups excluding carboxylic acids is 2. The Hall–Kier alpha value is -3.36. The Kier molecular flexibility index (Phi) is 7.57. The van der Waals surface area contributed by atoms with Crippen LogP contribution < -0.4 is 21.7 Å². The third-order valence-corrected chi connectivity index (χ3v) is 4.32. The van der Waals surface area contributed by atoms with Gasteiger partial charge in [0.15, 0.2) is 6.61 Å². The van der Waals surface area contributed by atoms with Crippen LogP contribution in [0.2, 0.25) is 0 Å². The maximum absolute atomic E-state index is 12.5. The highest BCUT2D eigenvalue weighted by molar-refractivity contribution is 6.02. The van der Waals surface area contributed by atoms with Crippen LogP contribution in [0.4, 0.5) is 5.82 Å². The molecular formula is C21H27N3O6. The minimum absolute atomic E-state index is 0.224. The number of rotatable bonds is 9. The molecule has 2 aromatic rings. The summed E-state index contributed by atoms with van der Waals surface area (Å²) in [4.78, 5) is 49.3. The fraction of sp³-hybridized carbons (Fsp3) is 0.429. The van der Waals surface area contributed by atoms with Crippen molar-refractivity contribution >= 4 is 17.6 Å². The average molecular weight is 417 g/mol.